The number of guanidine groups is 1. The minimum absolute atomic E-state index is 0. The second-order valence-electron chi connectivity index (χ2n) is 4.56. The molecule has 1 heterocycles. The van der Waals surface area contributed by atoms with Crippen LogP contribution < -0.4 is 10.6 Å². The number of imidazole rings is 1. The van der Waals surface area contributed by atoms with Gasteiger partial charge in [0.15, 0.2) is 5.96 Å². The fourth-order valence-electron chi connectivity index (χ4n) is 1.92. The molecule has 0 saturated heterocycles. The first-order chi connectivity index (χ1) is 10.7. The van der Waals surface area contributed by atoms with Crippen molar-refractivity contribution in [3.8, 4) is 0 Å². The molecular weight excluding hydrogens is 415 g/mol. The Labute approximate surface area is 151 Å². The number of aliphatic imine (C=N–C) groups is 1. The van der Waals surface area contributed by atoms with Crippen molar-refractivity contribution in [2.24, 2.45) is 4.99 Å². The number of halogens is 3. The summed E-state index contributed by atoms with van der Waals surface area (Å²) >= 11 is 0. The molecule has 0 aliphatic heterocycles. The van der Waals surface area contributed by atoms with Gasteiger partial charge in [0.1, 0.15) is 5.82 Å². The summed E-state index contributed by atoms with van der Waals surface area (Å²) in [4.78, 5) is 8.35. The number of benzene rings is 1. The van der Waals surface area contributed by atoms with Crippen LogP contribution in [0.4, 0.5) is 8.78 Å². The molecule has 0 atom stereocenters. The molecule has 0 aliphatic rings. The maximum atomic E-state index is 12.8. The van der Waals surface area contributed by atoms with E-state index in [1.54, 1.807) is 0 Å². The van der Waals surface area contributed by atoms with Gasteiger partial charge in [-0.15, -0.1) is 24.0 Å². The van der Waals surface area contributed by atoms with E-state index in [1.165, 1.54) is 12.4 Å². The minimum Gasteiger partial charge on any atom is -0.357 e. The van der Waals surface area contributed by atoms with E-state index in [0.29, 0.717) is 19.0 Å². The lowest BCUT2D eigenvalue weighted by Crippen LogP contribution is -2.37. The Morgan fingerprint density at radius 2 is 2.00 bits per heavy atom. The minimum atomic E-state index is -2.59. The van der Waals surface area contributed by atoms with Crippen LogP contribution in [0, 0.1) is 0 Å². The molecule has 2 aromatic rings. The topological polar surface area (TPSA) is 54.2 Å². The number of hydrogen-bond acceptors (Lipinski definition) is 2. The normalized spacial score (nSPS) is 11.2. The fourth-order valence-corrected chi connectivity index (χ4v) is 1.92. The maximum Gasteiger partial charge on any atom is 0.319 e. The van der Waals surface area contributed by atoms with E-state index in [4.69, 9.17) is 0 Å². The van der Waals surface area contributed by atoms with Gasteiger partial charge in [-0.1, -0.05) is 30.3 Å². The molecule has 1 aromatic carbocycles. The highest BCUT2D eigenvalue weighted by molar-refractivity contribution is 14.0. The van der Waals surface area contributed by atoms with Crippen molar-refractivity contribution in [2.45, 2.75) is 26.6 Å². The van der Waals surface area contributed by atoms with Gasteiger partial charge in [-0.3, -0.25) is 4.57 Å². The smallest absolute Gasteiger partial charge is 0.319 e. The SMILES string of the molecule is CCNC(=NCc1ccccc1)NCc1nccn1C(F)F.I. The summed E-state index contributed by atoms with van der Waals surface area (Å²) in [5, 5.41) is 6.09. The third kappa shape index (κ3) is 6.12. The average molecular weight is 435 g/mol. The van der Waals surface area contributed by atoms with E-state index < -0.39 is 6.55 Å². The zero-order chi connectivity index (χ0) is 15.8. The van der Waals surface area contributed by atoms with Crippen LogP contribution in [-0.4, -0.2) is 22.1 Å². The highest BCUT2D eigenvalue weighted by Gasteiger charge is 2.11. The second-order valence-corrected chi connectivity index (χ2v) is 4.56. The van der Waals surface area contributed by atoms with Crippen molar-refractivity contribution in [3.63, 3.8) is 0 Å². The van der Waals surface area contributed by atoms with Crippen LogP contribution in [0.5, 0.6) is 0 Å². The maximum absolute atomic E-state index is 12.8. The van der Waals surface area contributed by atoms with Gasteiger partial charge in [0.05, 0.1) is 13.1 Å². The van der Waals surface area contributed by atoms with Gasteiger partial charge in [0.2, 0.25) is 0 Å². The zero-order valence-corrected chi connectivity index (χ0v) is 15.1. The molecular formula is C15H20F2IN5. The molecule has 126 valence electrons. The number of alkyl halides is 2. The predicted molar refractivity (Wildman–Crippen MR) is 97.0 cm³/mol. The Kier molecular flexibility index (Phi) is 8.52. The Morgan fingerprint density at radius 3 is 2.65 bits per heavy atom. The number of nitrogens with one attached hydrogen (secondary N) is 2. The Balaban J connectivity index is 0.00000264. The summed E-state index contributed by atoms with van der Waals surface area (Å²) in [5.41, 5.74) is 1.08. The lowest BCUT2D eigenvalue weighted by Gasteiger charge is -2.12. The van der Waals surface area contributed by atoms with Gasteiger partial charge in [-0.05, 0) is 12.5 Å². The second kappa shape index (κ2) is 10.1. The van der Waals surface area contributed by atoms with E-state index in [2.05, 4.69) is 20.6 Å². The summed E-state index contributed by atoms with van der Waals surface area (Å²) in [6.07, 6.45) is 2.62. The molecule has 2 N–H and O–H groups in total. The number of rotatable bonds is 6. The van der Waals surface area contributed by atoms with Crippen LogP contribution in [-0.2, 0) is 13.1 Å². The van der Waals surface area contributed by atoms with Crippen molar-refractivity contribution in [2.75, 3.05) is 6.54 Å². The molecule has 1 aromatic heterocycles. The molecule has 2 rings (SSSR count). The Bertz CT molecular complexity index is 601. The number of aromatic nitrogens is 2. The lowest BCUT2D eigenvalue weighted by atomic mass is 10.2. The standard InChI is InChI=1S/C15H19F2N5.HI/c1-2-18-15(20-10-12-6-4-3-5-7-12)21-11-13-19-8-9-22(13)14(16)17;/h3-9,14H,2,10-11H2,1H3,(H2,18,20,21);1H. The highest BCUT2D eigenvalue weighted by Crippen LogP contribution is 2.11. The van der Waals surface area contributed by atoms with Gasteiger partial charge in [-0.25, -0.2) is 9.98 Å². The molecule has 0 aliphatic carbocycles. The quantitative estimate of drug-likeness (QED) is 0.417. The van der Waals surface area contributed by atoms with Crippen molar-refractivity contribution in [3.05, 3.63) is 54.1 Å². The Morgan fingerprint density at radius 1 is 1.26 bits per heavy atom. The molecule has 0 spiro atoms. The number of hydrogen-bond donors (Lipinski definition) is 2. The van der Waals surface area contributed by atoms with Crippen LogP contribution >= 0.6 is 24.0 Å². The molecule has 0 amide bonds. The zero-order valence-electron chi connectivity index (χ0n) is 12.7. The largest absolute Gasteiger partial charge is 0.357 e. The predicted octanol–water partition coefficient (Wildman–Crippen LogP) is 3.15. The van der Waals surface area contributed by atoms with Crippen LogP contribution in [0.2, 0.25) is 0 Å². The van der Waals surface area contributed by atoms with E-state index in [1.807, 2.05) is 37.3 Å². The van der Waals surface area contributed by atoms with Crippen molar-refractivity contribution < 1.29 is 8.78 Å². The molecule has 23 heavy (non-hydrogen) atoms. The third-order valence-corrected chi connectivity index (χ3v) is 2.98. The monoisotopic (exact) mass is 435 g/mol. The molecule has 5 nitrogen and oxygen atoms in total. The van der Waals surface area contributed by atoms with Crippen molar-refractivity contribution >= 4 is 29.9 Å². The molecule has 0 fully saturated rings. The van der Waals surface area contributed by atoms with Gasteiger partial charge in [0, 0.05) is 18.9 Å². The summed E-state index contributed by atoms with van der Waals surface area (Å²) in [7, 11) is 0. The number of nitrogens with zero attached hydrogens (tertiary/aromatic N) is 3. The van der Waals surface area contributed by atoms with E-state index >= 15 is 0 Å². The summed E-state index contributed by atoms with van der Waals surface area (Å²) in [5.74, 6) is 0.829. The first-order valence-electron chi connectivity index (χ1n) is 7.06. The first kappa shape index (κ1) is 19.3. The van der Waals surface area contributed by atoms with Crippen LogP contribution in [0.15, 0.2) is 47.7 Å². The molecule has 0 unspecified atom stereocenters. The third-order valence-electron chi connectivity index (χ3n) is 2.98. The van der Waals surface area contributed by atoms with E-state index in [-0.39, 0.29) is 36.3 Å². The van der Waals surface area contributed by atoms with Crippen molar-refractivity contribution in [1.29, 1.82) is 0 Å². The molecule has 0 saturated carbocycles. The van der Waals surface area contributed by atoms with Gasteiger partial charge < -0.3 is 10.6 Å². The average Bonchev–Trinajstić information content (AvgIpc) is 3.00. The molecule has 0 radical (unpaired) electrons. The van der Waals surface area contributed by atoms with Crippen LogP contribution in [0.25, 0.3) is 0 Å². The van der Waals surface area contributed by atoms with Gasteiger partial charge in [0.25, 0.3) is 0 Å². The fraction of sp³-hybridized carbons (Fsp3) is 0.333. The molecule has 8 heteroatoms. The first-order valence-corrected chi connectivity index (χ1v) is 7.06. The van der Waals surface area contributed by atoms with Crippen LogP contribution in [0.1, 0.15) is 24.9 Å². The van der Waals surface area contributed by atoms with E-state index in [9.17, 15) is 8.78 Å². The summed E-state index contributed by atoms with van der Waals surface area (Å²) < 4.78 is 26.3. The van der Waals surface area contributed by atoms with Gasteiger partial charge in [-0.2, -0.15) is 8.78 Å². The Hall–Kier alpha value is -1.71. The summed E-state index contributed by atoms with van der Waals surface area (Å²) in [6, 6.07) is 9.81. The summed E-state index contributed by atoms with van der Waals surface area (Å²) in [6.45, 7) is 0.726. The van der Waals surface area contributed by atoms with Crippen molar-refractivity contribution in [1.82, 2.24) is 20.2 Å². The molecule has 0 bridgehead atoms. The van der Waals surface area contributed by atoms with Gasteiger partial charge >= 0.3 is 6.55 Å². The van der Waals surface area contributed by atoms with E-state index in [0.717, 1.165) is 10.1 Å². The lowest BCUT2D eigenvalue weighted by molar-refractivity contribution is 0.0668. The highest BCUT2D eigenvalue weighted by atomic mass is 127. The van der Waals surface area contributed by atoms with Crippen LogP contribution in [0.3, 0.4) is 0 Å².